The predicted octanol–water partition coefficient (Wildman–Crippen LogP) is 3.59. The Hall–Kier alpha value is -3.19. The summed E-state index contributed by atoms with van der Waals surface area (Å²) in [6.07, 6.45) is 3.95. The van der Waals surface area contributed by atoms with E-state index in [1.54, 1.807) is 36.4 Å². The number of esters is 1. The normalized spacial score (nSPS) is 19.0. The zero-order valence-electron chi connectivity index (χ0n) is 18.4. The fourth-order valence-electron chi connectivity index (χ4n) is 4.37. The smallest absolute Gasteiger partial charge is 0.338 e. The molecule has 0 aromatic heterocycles. The molecule has 7 nitrogen and oxygen atoms in total. The molecule has 2 aliphatic rings. The van der Waals surface area contributed by atoms with Crippen LogP contribution >= 0.6 is 0 Å². The number of nitrogens with zero attached hydrogens (tertiary/aromatic N) is 2. The quantitative estimate of drug-likeness (QED) is 0.726. The lowest BCUT2D eigenvalue weighted by molar-refractivity contribution is -0.122. The lowest BCUT2D eigenvalue weighted by atomic mass is 10.1. The number of para-hydroxylation sites is 2. The predicted molar refractivity (Wildman–Crippen MR) is 122 cm³/mol. The highest BCUT2D eigenvalue weighted by molar-refractivity contribution is 6.05. The van der Waals surface area contributed by atoms with Crippen molar-refractivity contribution in [2.75, 3.05) is 29.9 Å². The Kier molecular flexibility index (Phi) is 6.85. The second kappa shape index (κ2) is 9.96. The molecule has 2 amide bonds. The van der Waals surface area contributed by atoms with Crippen LogP contribution in [0, 0.1) is 0 Å². The summed E-state index contributed by atoms with van der Waals surface area (Å²) in [6.45, 7) is 4.53. The van der Waals surface area contributed by atoms with Gasteiger partial charge in [0.25, 0.3) is 5.91 Å². The minimum Gasteiger partial charge on any atom is -0.452 e. The van der Waals surface area contributed by atoms with Gasteiger partial charge in [0.1, 0.15) is 0 Å². The number of anilines is 2. The summed E-state index contributed by atoms with van der Waals surface area (Å²) < 4.78 is 5.32. The second-order valence-electron chi connectivity index (χ2n) is 8.49. The Bertz CT molecular complexity index is 983. The summed E-state index contributed by atoms with van der Waals surface area (Å²) in [7, 11) is 0. The number of carbonyl (C=O) groups excluding carboxylic acids is 3. The van der Waals surface area contributed by atoms with Gasteiger partial charge in [0.15, 0.2) is 6.61 Å². The summed E-state index contributed by atoms with van der Waals surface area (Å²) in [5.74, 6) is -1.05. The molecule has 2 heterocycles. The fraction of sp³-hybridized carbons (Fsp3) is 0.400. The van der Waals surface area contributed by atoms with E-state index in [-0.39, 0.29) is 30.9 Å². The van der Waals surface area contributed by atoms with Crippen LogP contribution in [0.2, 0.25) is 0 Å². The molecule has 2 aromatic carbocycles. The van der Waals surface area contributed by atoms with Gasteiger partial charge in [-0.25, -0.2) is 4.79 Å². The van der Waals surface area contributed by atoms with Gasteiger partial charge < -0.3 is 15.0 Å². The van der Waals surface area contributed by atoms with E-state index in [0.717, 1.165) is 25.2 Å². The first-order chi connectivity index (χ1) is 15.5. The molecule has 0 spiro atoms. The summed E-state index contributed by atoms with van der Waals surface area (Å²) in [5.41, 5.74) is 2.76. The third-order valence-electron chi connectivity index (χ3n) is 6.00. The monoisotopic (exact) mass is 435 g/mol. The number of likely N-dealkylation sites (tertiary alicyclic amines) is 1. The zero-order valence-corrected chi connectivity index (χ0v) is 18.4. The van der Waals surface area contributed by atoms with Gasteiger partial charge in [-0.05, 0) is 62.7 Å². The van der Waals surface area contributed by atoms with Crippen molar-refractivity contribution in [3.63, 3.8) is 0 Å². The average molecular weight is 436 g/mol. The molecule has 1 fully saturated rings. The van der Waals surface area contributed by atoms with Gasteiger partial charge in [0.2, 0.25) is 5.91 Å². The fourth-order valence-corrected chi connectivity index (χ4v) is 4.37. The third-order valence-corrected chi connectivity index (χ3v) is 6.00. The van der Waals surface area contributed by atoms with Crippen molar-refractivity contribution >= 4 is 29.2 Å². The number of hydrogen-bond acceptors (Lipinski definition) is 5. The van der Waals surface area contributed by atoms with Gasteiger partial charge in [-0.15, -0.1) is 0 Å². The van der Waals surface area contributed by atoms with E-state index in [0.29, 0.717) is 16.9 Å². The van der Waals surface area contributed by atoms with E-state index >= 15 is 0 Å². The standard InChI is InChI=1S/C25H29N3O4/c1-18-15-23(29)26-21-7-3-4-8-22(21)28(18)24(30)17-32-25(31)20-11-9-19(10-12-20)16-27-13-5-2-6-14-27/h3-4,7-12,18H,2,5-6,13-17H2,1H3,(H,26,29)/t18-/m1/s1. The van der Waals surface area contributed by atoms with Crippen molar-refractivity contribution in [1.82, 2.24) is 4.90 Å². The number of fused-ring (bicyclic) bond motifs is 1. The Morgan fingerprint density at radius 2 is 1.75 bits per heavy atom. The Morgan fingerprint density at radius 1 is 1.03 bits per heavy atom. The molecular weight excluding hydrogens is 406 g/mol. The van der Waals surface area contributed by atoms with Gasteiger partial charge in [-0.3, -0.25) is 14.5 Å². The van der Waals surface area contributed by atoms with Crippen LogP contribution in [-0.4, -0.2) is 48.4 Å². The molecule has 1 N–H and O–H groups in total. The van der Waals surface area contributed by atoms with E-state index in [4.69, 9.17) is 4.74 Å². The van der Waals surface area contributed by atoms with Crippen LogP contribution in [-0.2, 0) is 20.9 Å². The number of benzene rings is 2. The van der Waals surface area contributed by atoms with Gasteiger partial charge >= 0.3 is 5.97 Å². The van der Waals surface area contributed by atoms with Crippen LogP contribution in [0.5, 0.6) is 0 Å². The number of rotatable bonds is 5. The summed E-state index contributed by atoms with van der Waals surface area (Å²) >= 11 is 0. The van der Waals surface area contributed by atoms with Crippen molar-refractivity contribution < 1.29 is 19.1 Å². The molecule has 0 saturated carbocycles. The molecule has 0 unspecified atom stereocenters. The largest absolute Gasteiger partial charge is 0.452 e. The maximum atomic E-state index is 12.9. The van der Waals surface area contributed by atoms with Crippen LogP contribution < -0.4 is 10.2 Å². The van der Waals surface area contributed by atoms with Gasteiger partial charge in [-0.1, -0.05) is 30.7 Å². The van der Waals surface area contributed by atoms with Crippen molar-refractivity contribution in [3.8, 4) is 0 Å². The van der Waals surface area contributed by atoms with Gasteiger partial charge in [-0.2, -0.15) is 0 Å². The number of amides is 2. The number of ether oxygens (including phenoxy) is 1. The summed E-state index contributed by atoms with van der Waals surface area (Å²) in [5, 5.41) is 2.82. The first-order valence-corrected chi connectivity index (χ1v) is 11.2. The number of carbonyl (C=O) groups is 3. The van der Waals surface area contributed by atoms with Crippen LogP contribution in [0.3, 0.4) is 0 Å². The SMILES string of the molecule is C[C@@H]1CC(=O)Nc2ccccc2N1C(=O)COC(=O)c1ccc(CN2CCCCC2)cc1. The molecule has 4 rings (SSSR count). The molecule has 1 saturated heterocycles. The van der Waals surface area contributed by atoms with Crippen molar-refractivity contribution in [3.05, 3.63) is 59.7 Å². The highest BCUT2D eigenvalue weighted by Crippen LogP contribution is 2.31. The molecule has 0 aliphatic carbocycles. The van der Waals surface area contributed by atoms with Gasteiger partial charge in [0.05, 0.1) is 16.9 Å². The number of nitrogens with one attached hydrogen (secondary N) is 1. The molecule has 7 heteroatoms. The Labute approximate surface area is 188 Å². The average Bonchev–Trinajstić information content (AvgIpc) is 2.92. The molecule has 2 aromatic rings. The summed E-state index contributed by atoms with van der Waals surface area (Å²) in [4.78, 5) is 41.5. The van der Waals surface area contributed by atoms with E-state index in [9.17, 15) is 14.4 Å². The molecular formula is C25H29N3O4. The molecule has 1 atom stereocenters. The van der Waals surface area contributed by atoms with E-state index in [1.807, 2.05) is 19.1 Å². The zero-order chi connectivity index (χ0) is 22.5. The third kappa shape index (κ3) is 5.16. The highest BCUT2D eigenvalue weighted by atomic mass is 16.5. The Balaban J connectivity index is 1.37. The van der Waals surface area contributed by atoms with E-state index in [2.05, 4.69) is 10.2 Å². The molecule has 0 radical (unpaired) electrons. The van der Waals surface area contributed by atoms with Crippen molar-refractivity contribution in [1.29, 1.82) is 0 Å². The van der Waals surface area contributed by atoms with Crippen LogP contribution in [0.15, 0.2) is 48.5 Å². The van der Waals surface area contributed by atoms with Crippen LogP contribution in [0.1, 0.15) is 48.5 Å². The van der Waals surface area contributed by atoms with Crippen molar-refractivity contribution in [2.45, 2.75) is 45.2 Å². The highest BCUT2D eigenvalue weighted by Gasteiger charge is 2.30. The molecule has 0 bridgehead atoms. The lowest BCUT2D eigenvalue weighted by Crippen LogP contribution is -2.41. The lowest BCUT2D eigenvalue weighted by Gasteiger charge is -2.27. The maximum Gasteiger partial charge on any atom is 0.338 e. The maximum absolute atomic E-state index is 12.9. The second-order valence-corrected chi connectivity index (χ2v) is 8.49. The summed E-state index contributed by atoms with van der Waals surface area (Å²) in [6, 6.07) is 14.2. The van der Waals surface area contributed by atoms with E-state index in [1.165, 1.54) is 24.2 Å². The van der Waals surface area contributed by atoms with Crippen LogP contribution in [0.25, 0.3) is 0 Å². The minimum absolute atomic E-state index is 0.151. The first-order valence-electron chi connectivity index (χ1n) is 11.2. The van der Waals surface area contributed by atoms with Crippen molar-refractivity contribution in [2.24, 2.45) is 0 Å². The van der Waals surface area contributed by atoms with E-state index < -0.39 is 5.97 Å². The first kappa shape index (κ1) is 22.0. The van der Waals surface area contributed by atoms with Crippen LogP contribution in [0.4, 0.5) is 11.4 Å². The number of piperidine rings is 1. The molecule has 2 aliphatic heterocycles. The number of hydrogen-bond donors (Lipinski definition) is 1. The topological polar surface area (TPSA) is 79.0 Å². The minimum atomic E-state index is -0.534. The Morgan fingerprint density at radius 3 is 2.50 bits per heavy atom. The molecule has 168 valence electrons. The molecule has 32 heavy (non-hydrogen) atoms. The van der Waals surface area contributed by atoms with Gasteiger partial charge in [0, 0.05) is 19.0 Å².